The standard InChI is InChI=1S/C16H15FN4OS2/c17-11-4-1-5-12-13(11)19-16(24-12)21-7-2-3-10(9-21)14(22)20-15-18-6-8-23-15/h1,4-6,8,10H,2-3,7,9H2,(H,18,20,22). The second-order valence-electron chi connectivity index (χ2n) is 5.69. The molecule has 8 heteroatoms. The summed E-state index contributed by atoms with van der Waals surface area (Å²) in [6.07, 6.45) is 3.42. The van der Waals surface area contributed by atoms with Crippen LogP contribution in [-0.4, -0.2) is 29.0 Å². The van der Waals surface area contributed by atoms with Crippen LogP contribution in [0.15, 0.2) is 29.8 Å². The van der Waals surface area contributed by atoms with Gasteiger partial charge in [0, 0.05) is 24.7 Å². The molecule has 1 N–H and O–H groups in total. The second-order valence-corrected chi connectivity index (χ2v) is 7.60. The first-order valence-corrected chi connectivity index (χ1v) is 9.40. The molecule has 2 aromatic heterocycles. The number of amides is 1. The van der Waals surface area contributed by atoms with Gasteiger partial charge in [0.05, 0.1) is 10.6 Å². The fourth-order valence-corrected chi connectivity index (χ4v) is 4.44. The number of aromatic nitrogens is 2. The van der Waals surface area contributed by atoms with E-state index in [1.807, 2.05) is 11.4 Å². The zero-order chi connectivity index (χ0) is 16.5. The van der Waals surface area contributed by atoms with Crippen molar-refractivity contribution in [3.63, 3.8) is 0 Å². The molecule has 1 unspecified atom stereocenters. The molecule has 0 radical (unpaired) electrons. The highest BCUT2D eigenvalue weighted by atomic mass is 32.1. The summed E-state index contributed by atoms with van der Waals surface area (Å²) in [7, 11) is 0. The van der Waals surface area contributed by atoms with Crippen molar-refractivity contribution in [2.24, 2.45) is 5.92 Å². The number of thiazole rings is 2. The molecule has 4 rings (SSSR count). The Morgan fingerprint density at radius 2 is 2.33 bits per heavy atom. The van der Waals surface area contributed by atoms with E-state index in [-0.39, 0.29) is 17.6 Å². The molecule has 5 nitrogen and oxygen atoms in total. The van der Waals surface area contributed by atoms with Gasteiger partial charge in [-0.1, -0.05) is 17.4 Å². The molecule has 0 aliphatic carbocycles. The molecule has 1 amide bonds. The normalized spacial score (nSPS) is 18.0. The summed E-state index contributed by atoms with van der Waals surface area (Å²) in [4.78, 5) is 23.0. The number of halogens is 1. The lowest BCUT2D eigenvalue weighted by molar-refractivity contribution is -0.120. The Balaban J connectivity index is 1.51. The molecule has 1 fully saturated rings. The Hall–Kier alpha value is -2.06. The maximum absolute atomic E-state index is 13.8. The number of nitrogens with zero attached hydrogens (tertiary/aromatic N) is 3. The molecule has 24 heavy (non-hydrogen) atoms. The molecule has 0 bridgehead atoms. The molecule has 1 aliphatic rings. The predicted molar refractivity (Wildman–Crippen MR) is 95.3 cm³/mol. The molecule has 1 aromatic carbocycles. The van der Waals surface area contributed by atoms with Gasteiger partial charge < -0.3 is 10.2 Å². The van der Waals surface area contributed by atoms with E-state index in [1.165, 1.54) is 28.7 Å². The van der Waals surface area contributed by atoms with Gasteiger partial charge in [-0.3, -0.25) is 4.79 Å². The van der Waals surface area contributed by atoms with Crippen LogP contribution in [0.25, 0.3) is 10.2 Å². The monoisotopic (exact) mass is 362 g/mol. The zero-order valence-electron chi connectivity index (χ0n) is 12.7. The van der Waals surface area contributed by atoms with Crippen LogP contribution in [0.3, 0.4) is 0 Å². The summed E-state index contributed by atoms with van der Waals surface area (Å²) in [5, 5.41) is 6.10. The fourth-order valence-electron chi connectivity index (χ4n) is 2.90. The molecule has 124 valence electrons. The van der Waals surface area contributed by atoms with E-state index in [2.05, 4.69) is 20.2 Å². The summed E-state index contributed by atoms with van der Waals surface area (Å²) < 4.78 is 14.7. The maximum Gasteiger partial charge on any atom is 0.231 e. The van der Waals surface area contributed by atoms with Crippen molar-refractivity contribution in [1.29, 1.82) is 0 Å². The lowest BCUT2D eigenvalue weighted by Gasteiger charge is -2.31. The maximum atomic E-state index is 13.8. The number of piperidine rings is 1. The number of fused-ring (bicyclic) bond motifs is 1. The first-order valence-electron chi connectivity index (χ1n) is 7.71. The first kappa shape index (κ1) is 15.5. The van der Waals surface area contributed by atoms with E-state index >= 15 is 0 Å². The minimum absolute atomic E-state index is 0.0121. The lowest BCUT2D eigenvalue weighted by Crippen LogP contribution is -2.40. The highest BCUT2D eigenvalue weighted by Crippen LogP contribution is 2.32. The van der Waals surface area contributed by atoms with Gasteiger partial charge in [-0.25, -0.2) is 14.4 Å². The van der Waals surface area contributed by atoms with E-state index in [9.17, 15) is 9.18 Å². The van der Waals surface area contributed by atoms with Gasteiger partial charge in [-0.15, -0.1) is 11.3 Å². The Bertz CT molecular complexity index is 864. The van der Waals surface area contributed by atoms with Crippen LogP contribution < -0.4 is 10.2 Å². The molecular weight excluding hydrogens is 347 g/mol. The highest BCUT2D eigenvalue weighted by molar-refractivity contribution is 7.22. The Morgan fingerprint density at radius 1 is 1.42 bits per heavy atom. The minimum Gasteiger partial charge on any atom is -0.347 e. The predicted octanol–water partition coefficient (Wildman–Crippen LogP) is 3.75. The number of hydrogen-bond acceptors (Lipinski definition) is 6. The van der Waals surface area contributed by atoms with Crippen LogP contribution in [0.4, 0.5) is 14.7 Å². The molecule has 0 saturated carbocycles. The Kier molecular flexibility index (Phi) is 4.15. The molecule has 1 saturated heterocycles. The van der Waals surface area contributed by atoms with Crippen LogP contribution in [0, 0.1) is 11.7 Å². The van der Waals surface area contributed by atoms with Gasteiger partial charge in [0.1, 0.15) is 11.3 Å². The smallest absolute Gasteiger partial charge is 0.231 e. The van der Waals surface area contributed by atoms with E-state index in [0.717, 1.165) is 29.2 Å². The average molecular weight is 362 g/mol. The largest absolute Gasteiger partial charge is 0.347 e. The van der Waals surface area contributed by atoms with Gasteiger partial charge in [0.2, 0.25) is 5.91 Å². The van der Waals surface area contributed by atoms with E-state index < -0.39 is 0 Å². The highest BCUT2D eigenvalue weighted by Gasteiger charge is 2.28. The van der Waals surface area contributed by atoms with Crippen molar-refractivity contribution < 1.29 is 9.18 Å². The van der Waals surface area contributed by atoms with E-state index in [4.69, 9.17) is 0 Å². The van der Waals surface area contributed by atoms with Crippen molar-refractivity contribution in [2.75, 3.05) is 23.3 Å². The van der Waals surface area contributed by atoms with Crippen LogP contribution in [0.2, 0.25) is 0 Å². The van der Waals surface area contributed by atoms with Crippen molar-refractivity contribution in [1.82, 2.24) is 9.97 Å². The van der Waals surface area contributed by atoms with Gasteiger partial charge in [0.15, 0.2) is 10.3 Å². The van der Waals surface area contributed by atoms with Crippen molar-refractivity contribution in [3.05, 3.63) is 35.6 Å². The lowest BCUT2D eigenvalue weighted by atomic mass is 9.97. The third-order valence-electron chi connectivity index (χ3n) is 4.08. The summed E-state index contributed by atoms with van der Waals surface area (Å²) in [5.41, 5.74) is 0.409. The summed E-state index contributed by atoms with van der Waals surface area (Å²) in [5.74, 6) is -0.425. The number of nitrogens with one attached hydrogen (secondary N) is 1. The number of para-hydroxylation sites is 1. The van der Waals surface area contributed by atoms with Gasteiger partial charge in [-0.2, -0.15) is 0 Å². The van der Waals surface area contributed by atoms with Crippen molar-refractivity contribution in [2.45, 2.75) is 12.8 Å². The van der Waals surface area contributed by atoms with Crippen molar-refractivity contribution in [3.8, 4) is 0 Å². The van der Waals surface area contributed by atoms with Crippen LogP contribution in [0.1, 0.15) is 12.8 Å². The number of anilines is 2. The summed E-state index contributed by atoms with van der Waals surface area (Å²) in [6.45, 7) is 1.43. The quantitative estimate of drug-likeness (QED) is 0.771. The topological polar surface area (TPSA) is 58.1 Å². The molecule has 3 heterocycles. The summed E-state index contributed by atoms with van der Waals surface area (Å²) in [6, 6.07) is 4.99. The number of carbonyl (C=O) groups excluding carboxylic acids is 1. The van der Waals surface area contributed by atoms with E-state index in [0.29, 0.717) is 17.2 Å². The first-order chi connectivity index (χ1) is 11.7. The second kappa shape index (κ2) is 6.45. The van der Waals surface area contributed by atoms with Crippen LogP contribution >= 0.6 is 22.7 Å². The minimum atomic E-state index is -0.301. The summed E-state index contributed by atoms with van der Waals surface area (Å²) >= 11 is 2.88. The molecule has 1 aliphatic heterocycles. The van der Waals surface area contributed by atoms with Gasteiger partial charge in [0.25, 0.3) is 0 Å². The van der Waals surface area contributed by atoms with Crippen LogP contribution in [-0.2, 0) is 4.79 Å². The molecule has 1 atom stereocenters. The molecular formula is C16H15FN4OS2. The van der Waals surface area contributed by atoms with Crippen molar-refractivity contribution >= 4 is 49.1 Å². The number of carbonyl (C=O) groups is 1. The zero-order valence-corrected chi connectivity index (χ0v) is 14.4. The van der Waals surface area contributed by atoms with E-state index in [1.54, 1.807) is 12.3 Å². The Labute approximate surface area is 146 Å². The van der Waals surface area contributed by atoms with Gasteiger partial charge >= 0.3 is 0 Å². The molecule has 3 aromatic rings. The third-order valence-corrected chi connectivity index (χ3v) is 5.85. The number of rotatable bonds is 3. The van der Waals surface area contributed by atoms with Gasteiger partial charge in [-0.05, 0) is 25.0 Å². The number of hydrogen-bond donors (Lipinski definition) is 1. The Morgan fingerprint density at radius 3 is 3.12 bits per heavy atom. The SMILES string of the molecule is O=C(Nc1nccs1)C1CCCN(c2nc3c(F)cccc3s2)C1. The fraction of sp³-hybridized carbons (Fsp3) is 0.312. The number of benzene rings is 1. The average Bonchev–Trinajstić information content (AvgIpc) is 3.25. The van der Waals surface area contributed by atoms with Crippen LogP contribution in [0.5, 0.6) is 0 Å². The molecule has 0 spiro atoms. The third kappa shape index (κ3) is 2.99.